The van der Waals surface area contributed by atoms with Gasteiger partial charge in [-0.2, -0.15) is 0 Å². The number of hydrogen-bond donors (Lipinski definition) is 1. The fourth-order valence-corrected chi connectivity index (χ4v) is 3.83. The number of carbonyl (C=O) groups is 1. The summed E-state index contributed by atoms with van der Waals surface area (Å²) in [4.78, 5) is 30.2. The van der Waals surface area contributed by atoms with Crippen molar-refractivity contribution < 1.29 is 9.90 Å². The van der Waals surface area contributed by atoms with E-state index in [1.807, 2.05) is 25.1 Å². The number of amides is 1. The lowest BCUT2D eigenvalue weighted by molar-refractivity contribution is 0.154. The minimum Gasteiger partial charge on any atom is -0.465 e. The molecule has 8 heteroatoms. The number of hydrogen-bond acceptors (Lipinski definition) is 3. The molecule has 0 aliphatic carbocycles. The first-order chi connectivity index (χ1) is 12.5. The minimum atomic E-state index is -0.967. The van der Waals surface area contributed by atoms with E-state index in [4.69, 9.17) is 11.6 Å². The van der Waals surface area contributed by atoms with Gasteiger partial charge in [0.2, 0.25) is 0 Å². The highest BCUT2D eigenvalue weighted by atomic mass is 35.5. The molecule has 0 unspecified atom stereocenters. The van der Waals surface area contributed by atoms with Crippen molar-refractivity contribution in [3.8, 4) is 5.69 Å². The van der Waals surface area contributed by atoms with Gasteiger partial charge in [0.25, 0.3) is 0 Å². The molecule has 1 amide bonds. The summed E-state index contributed by atoms with van der Waals surface area (Å²) in [6.07, 6.45) is 1.26. The zero-order valence-corrected chi connectivity index (χ0v) is 14.8. The molecule has 1 N–H and O–H groups in total. The van der Waals surface area contributed by atoms with Gasteiger partial charge < -0.3 is 10.0 Å². The fraction of sp³-hybridized carbons (Fsp3) is 0.278. The molecule has 0 saturated carbocycles. The molecule has 26 heavy (non-hydrogen) atoms. The third kappa shape index (κ3) is 2.55. The van der Waals surface area contributed by atoms with Crippen LogP contribution in [0.3, 0.4) is 0 Å². The number of aromatic nitrogens is 3. The summed E-state index contributed by atoms with van der Waals surface area (Å²) >= 11 is 6.05. The maximum atomic E-state index is 13.3. The minimum absolute atomic E-state index is 0.221. The van der Waals surface area contributed by atoms with E-state index in [-0.39, 0.29) is 18.3 Å². The third-order valence-electron chi connectivity index (χ3n) is 4.83. The summed E-state index contributed by atoms with van der Waals surface area (Å²) in [7, 11) is 0. The molecule has 0 bridgehead atoms. The number of aryl methyl sites for hydroxylation is 1. The van der Waals surface area contributed by atoms with Crippen LogP contribution in [0.2, 0.25) is 5.02 Å². The molecule has 1 aliphatic heterocycles. The SMILES string of the molecule is Cc1cc(Cl)ccc1-n1c(=O)n([C@H]2CCN(C(=O)O)C2)c2ncccc21. The second kappa shape index (κ2) is 6.17. The third-order valence-corrected chi connectivity index (χ3v) is 5.07. The van der Waals surface area contributed by atoms with Crippen molar-refractivity contribution >= 4 is 28.9 Å². The van der Waals surface area contributed by atoms with Crippen molar-refractivity contribution in [2.24, 2.45) is 0 Å². The molecular weight excluding hydrogens is 356 g/mol. The molecule has 3 aromatic rings. The number of imidazole rings is 1. The average molecular weight is 373 g/mol. The maximum absolute atomic E-state index is 13.3. The van der Waals surface area contributed by atoms with E-state index in [0.29, 0.717) is 29.2 Å². The van der Waals surface area contributed by atoms with E-state index >= 15 is 0 Å². The predicted octanol–water partition coefficient (Wildman–Crippen LogP) is 3.07. The Labute approximate surface area is 154 Å². The summed E-state index contributed by atoms with van der Waals surface area (Å²) in [5, 5.41) is 9.82. The quantitative estimate of drug-likeness (QED) is 0.749. The van der Waals surface area contributed by atoms with Gasteiger partial charge in [0.05, 0.1) is 17.2 Å². The van der Waals surface area contributed by atoms with Crippen LogP contribution in [0, 0.1) is 6.92 Å². The fourth-order valence-electron chi connectivity index (χ4n) is 3.61. The maximum Gasteiger partial charge on any atom is 0.407 e. The molecule has 1 fully saturated rings. The highest BCUT2D eigenvalue weighted by Crippen LogP contribution is 2.27. The molecule has 7 nitrogen and oxygen atoms in total. The number of likely N-dealkylation sites (tertiary alicyclic amines) is 1. The molecule has 0 radical (unpaired) electrons. The Morgan fingerprint density at radius 3 is 2.85 bits per heavy atom. The summed E-state index contributed by atoms with van der Waals surface area (Å²) < 4.78 is 3.24. The smallest absolute Gasteiger partial charge is 0.407 e. The summed E-state index contributed by atoms with van der Waals surface area (Å²) in [6, 6.07) is 8.77. The van der Waals surface area contributed by atoms with Crippen LogP contribution in [0.1, 0.15) is 18.0 Å². The second-order valence-corrected chi connectivity index (χ2v) is 6.87. The highest BCUT2D eigenvalue weighted by molar-refractivity contribution is 6.30. The Morgan fingerprint density at radius 2 is 2.15 bits per heavy atom. The molecule has 3 heterocycles. The number of carboxylic acid groups (broad SMARTS) is 1. The molecule has 134 valence electrons. The molecule has 1 saturated heterocycles. The largest absolute Gasteiger partial charge is 0.465 e. The van der Waals surface area contributed by atoms with Crippen molar-refractivity contribution in [1.29, 1.82) is 0 Å². The molecule has 1 aromatic carbocycles. The van der Waals surface area contributed by atoms with E-state index < -0.39 is 6.09 Å². The molecule has 1 aliphatic rings. The number of nitrogens with zero attached hydrogens (tertiary/aromatic N) is 4. The molecule has 0 spiro atoms. The first-order valence-electron chi connectivity index (χ1n) is 8.29. The van der Waals surface area contributed by atoms with E-state index in [2.05, 4.69) is 4.98 Å². The van der Waals surface area contributed by atoms with Crippen LogP contribution < -0.4 is 5.69 Å². The van der Waals surface area contributed by atoms with Crippen molar-refractivity contribution in [2.45, 2.75) is 19.4 Å². The van der Waals surface area contributed by atoms with E-state index in [1.54, 1.807) is 27.5 Å². The monoisotopic (exact) mass is 372 g/mol. The van der Waals surface area contributed by atoms with Gasteiger partial charge in [-0.3, -0.25) is 9.13 Å². The lowest BCUT2D eigenvalue weighted by Gasteiger charge is -2.13. The van der Waals surface area contributed by atoms with Crippen LogP contribution in [0.5, 0.6) is 0 Å². The zero-order valence-electron chi connectivity index (χ0n) is 14.1. The second-order valence-electron chi connectivity index (χ2n) is 6.44. The van der Waals surface area contributed by atoms with Gasteiger partial charge in [-0.1, -0.05) is 11.6 Å². The van der Waals surface area contributed by atoms with Crippen molar-refractivity contribution in [3.05, 3.63) is 57.6 Å². The standard InChI is InChI=1S/C18H17ClN4O3/c1-11-9-12(19)4-5-14(11)23-15-3-2-7-20-16(15)22(17(23)24)13-6-8-21(10-13)18(25)26/h2-5,7,9,13H,6,8,10H2,1H3,(H,25,26)/t13-/m0/s1. The number of pyridine rings is 1. The van der Waals surface area contributed by atoms with Crippen LogP contribution in [0.25, 0.3) is 16.9 Å². The normalized spacial score (nSPS) is 17.2. The van der Waals surface area contributed by atoms with Crippen molar-refractivity contribution in [1.82, 2.24) is 19.0 Å². The van der Waals surface area contributed by atoms with Crippen LogP contribution in [0.15, 0.2) is 41.3 Å². The Kier molecular flexibility index (Phi) is 3.96. The van der Waals surface area contributed by atoms with Gasteiger partial charge in [-0.15, -0.1) is 0 Å². The van der Waals surface area contributed by atoms with Gasteiger partial charge in [-0.05, 0) is 49.2 Å². The van der Waals surface area contributed by atoms with Gasteiger partial charge in [0, 0.05) is 24.3 Å². The van der Waals surface area contributed by atoms with Gasteiger partial charge in [0.15, 0.2) is 5.65 Å². The van der Waals surface area contributed by atoms with Crippen LogP contribution in [0.4, 0.5) is 4.79 Å². The van der Waals surface area contributed by atoms with Crippen LogP contribution in [-0.4, -0.2) is 43.3 Å². The predicted molar refractivity (Wildman–Crippen MR) is 98.3 cm³/mol. The lowest BCUT2D eigenvalue weighted by Crippen LogP contribution is -2.31. The molecule has 4 rings (SSSR count). The molecule has 1 atom stereocenters. The zero-order chi connectivity index (χ0) is 18.4. The number of fused-ring (bicyclic) bond motifs is 1. The van der Waals surface area contributed by atoms with E-state index in [9.17, 15) is 14.7 Å². The first-order valence-corrected chi connectivity index (χ1v) is 8.67. The summed E-state index contributed by atoms with van der Waals surface area (Å²) in [6.45, 7) is 2.59. The lowest BCUT2D eigenvalue weighted by atomic mass is 10.2. The molecule has 2 aromatic heterocycles. The first kappa shape index (κ1) is 16.7. The summed E-state index contributed by atoms with van der Waals surface area (Å²) in [5.41, 5.74) is 2.65. The Balaban J connectivity index is 1.92. The number of halogens is 1. The van der Waals surface area contributed by atoms with E-state index in [1.165, 1.54) is 4.90 Å². The Hall–Kier alpha value is -2.80. The molecular formula is C18H17ClN4O3. The van der Waals surface area contributed by atoms with Gasteiger partial charge in [-0.25, -0.2) is 14.6 Å². The van der Waals surface area contributed by atoms with Crippen molar-refractivity contribution in [2.75, 3.05) is 13.1 Å². The van der Waals surface area contributed by atoms with Gasteiger partial charge in [0.1, 0.15) is 0 Å². The summed E-state index contributed by atoms with van der Waals surface area (Å²) in [5.74, 6) is 0. The Bertz CT molecular complexity index is 1070. The van der Waals surface area contributed by atoms with Crippen LogP contribution >= 0.6 is 11.6 Å². The number of rotatable bonds is 2. The highest BCUT2D eigenvalue weighted by Gasteiger charge is 2.31. The average Bonchev–Trinajstić information content (AvgIpc) is 3.18. The number of benzene rings is 1. The van der Waals surface area contributed by atoms with Crippen LogP contribution in [-0.2, 0) is 0 Å². The Morgan fingerprint density at radius 1 is 1.35 bits per heavy atom. The van der Waals surface area contributed by atoms with Crippen molar-refractivity contribution in [3.63, 3.8) is 0 Å². The van der Waals surface area contributed by atoms with Gasteiger partial charge >= 0.3 is 11.8 Å². The van der Waals surface area contributed by atoms with E-state index in [0.717, 1.165) is 11.3 Å². The topological polar surface area (TPSA) is 80.4 Å².